The Hall–Kier alpha value is -1.77. The summed E-state index contributed by atoms with van der Waals surface area (Å²) in [6.45, 7) is 3.07. The lowest BCUT2D eigenvalue weighted by molar-refractivity contribution is -0.113. The maximum atomic E-state index is 12.1. The van der Waals surface area contributed by atoms with Gasteiger partial charge in [-0.15, -0.1) is 5.10 Å². The number of rotatable bonds is 6. The molecule has 0 saturated carbocycles. The minimum Gasteiger partial charge on any atom is -0.376 e. The minimum absolute atomic E-state index is 0.0261. The lowest BCUT2D eigenvalue weighted by atomic mass is 10.2. The molecule has 0 aliphatic carbocycles. The molecule has 2 heterocycles. The van der Waals surface area contributed by atoms with E-state index in [1.165, 1.54) is 16.3 Å². The summed E-state index contributed by atoms with van der Waals surface area (Å²) in [6, 6.07) is 5.35. The molecule has 1 aromatic carbocycles. The molecule has 9 heteroatoms. The van der Waals surface area contributed by atoms with Crippen molar-refractivity contribution < 1.29 is 9.53 Å². The number of H-pyrrole nitrogens is 1. The SMILES string of the molecule is Cc1ccc(NC(=O)CSc2n[nH]c(=O)n2CC2CCCO2)cc1Cl. The molecule has 1 saturated heterocycles. The number of ether oxygens (including phenoxy) is 1. The van der Waals surface area contributed by atoms with Crippen molar-refractivity contribution in [3.05, 3.63) is 39.3 Å². The van der Waals surface area contributed by atoms with Crippen LogP contribution in [0.1, 0.15) is 18.4 Å². The number of hydrogen-bond donors (Lipinski definition) is 2. The fraction of sp³-hybridized carbons (Fsp3) is 0.438. The molecule has 7 nitrogen and oxygen atoms in total. The highest BCUT2D eigenvalue weighted by Crippen LogP contribution is 2.21. The van der Waals surface area contributed by atoms with E-state index in [1.807, 2.05) is 13.0 Å². The van der Waals surface area contributed by atoms with E-state index in [-0.39, 0.29) is 23.5 Å². The predicted octanol–water partition coefficient (Wildman–Crippen LogP) is 2.44. The van der Waals surface area contributed by atoms with Crippen molar-refractivity contribution in [2.75, 3.05) is 17.7 Å². The predicted molar refractivity (Wildman–Crippen MR) is 97.4 cm³/mol. The number of hydrogen-bond acceptors (Lipinski definition) is 5. The molecule has 1 amide bonds. The van der Waals surface area contributed by atoms with Crippen LogP contribution in [0.4, 0.5) is 5.69 Å². The topological polar surface area (TPSA) is 89.0 Å². The molecule has 1 atom stereocenters. The van der Waals surface area contributed by atoms with Crippen molar-refractivity contribution in [3.8, 4) is 0 Å². The van der Waals surface area contributed by atoms with Gasteiger partial charge in [0.25, 0.3) is 0 Å². The van der Waals surface area contributed by atoms with Crippen molar-refractivity contribution in [3.63, 3.8) is 0 Å². The number of amides is 1. The van der Waals surface area contributed by atoms with Gasteiger partial charge in [-0.2, -0.15) is 0 Å². The number of thioether (sulfide) groups is 1. The molecule has 1 fully saturated rings. The van der Waals surface area contributed by atoms with Gasteiger partial charge in [0, 0.05) is 17.3 Å². The van der Waals surface area contributed by atoms with Crippen LogP contribution >= 0.6 is 23.4 Å². The van der Waals surface area contributed by atoms with Crippen molar-refractivity contribution >= 4 is 35.0 Å². The van der Waals surface area contributed by atoms with Crippen LogP contribution in [0.2, 0.25) is 5.02 Å². The summed E-state index contributed by atoms with van der Waals surface area (Å²) in [6.07, 6.45) is 1.95. The van der Waals surface area contributed by atoms with Gasteiger partial charge in [0.1, 0.15) is 0 Å². The zero-order valence-corrected chi connectivity index (χ0v) is 15.3. The third kappa shape index (κ3) is 4.65. The van der Waals surface area contributed by atoms with Gasteiger partial charge < -0.3 is 10.1 Å². The van der Waals surface area contributed by atoms with E-state index in [4.69, 9.17) is 16.3 Å². The zero-order chi connectivity index (χ0) is 17.8. The van der Waals surface area contributed by atoms with Crippen LogP contribution in [0.25, 0.3) is 0 Å². The molecule has 0 spiro atoms. The monoisotopic (exact) mass is 382 g/mol. The molecular weight excluding hydrogens is 364 g/mol. The van der Waals surface area contributed by atoms with Gasteiger partial charge in [-0.1, -0.05) is 29.4 Å². The molecule has 1 unspecified atom stereocenters. The normalized spacial score (nSPS) is 17.0. The number of aryl methyl sites for hydroxylation is 1. The Labute approximate surface area is 154 Å². The van der Waals surface area contributed by atoms with E-state index < -0.39 is 0 Å². The van der Waals surface area contributed by atoms with E-state index >= 15 is 0 Å². The Morgan fingerprint density at radius 1 is 1.56 bits per heavy atom. The van der Waals surface area contributed by atoms with Crippen LogP contribution in [0.15, 0.2) is 28.2 Å². The average Bonchev–Trinajstić information content (AvgIpc) is 3.21. The third-order valence-corrected chi connectivity index (χ3v) is 5.30. The largest absolute Gasteiger partial charge is 0.376 e. The fourth-order valence-corrected chi connectivity index (χ4v) is 3.50. The molecule has 2 aromatic rings. The highest BCUT2D eigenvalue weighted by Gasteiger charge is 2.20. The van der Waals surface area contributed by atoms with Crippen molar-refractivity contribution in [1.29, 1.82) is 0 Å². The lowest BCUT2D eigenvalue weighted by Crippen LogP contribution is -2.25. The molecule has 134 valence electrons. The van der Waals surface area contributed by atoms with E-state index in [0.717, 1.165) is 25.0 Å². The molecule has 2 N–H and O–H groups in total. The van der Waals surface area contributed by atoms with E-state index in [9.17, 15) is 9.59 Å². The first-order valence-electron chi connectivity index (χ1n) is 7.98. The first-order valence-corrected chi connectivity index (χ1v) is 9.35. The van der Waals surface area contributed by atoms with Crippen LogP contribution in [0, 0.1) is 6.92 Å². The van der Waals surface area contributed by atoms with Crippen LogP contribution in [-0.4, -0.2) is 39.1 Å². The lowest BCUT2D eigenvalue weighted by Gasteiger charge is -2.11. The minimum atomic E-state index is -0.288. The van der Waals surface area contributed by atoms with Crippen molar-refractivity contribution in [1.82, 2.24) is 14.8 Å². The Bertz CT molecular complexity index is 814. The number of aromatic nitrogens is 3. The quantitative estimate of drug-likeness (QED) is 0.749. The van der Waals surface area contributed by atoms with Crippen LogP contribution in [-0.2, 0) is 16.1 Å². The van der Waals surface area contributed by atoms with E-state index in [0.29, 0.717) is 22.4 Å². The Morgan fingerprint density at radius 2 is 2.40 bits per heavy atom. The van der Waals surface area contributed by atoms with Crippen LogP contribution < -0.4 is 11.0 Å². The smallest absolute Gasteiger partial charge is 0.344 e. The number of carbonyl (C=O) groups is 1. The van der Waals surface area contributed by atoms with Crippen LogP contribution in [0.5, 0.6) is 0 Å². The van der Waals surface area contributed by atoms with Gasteiger partial charge in [0.2, 0.25) is 5.91 Å². The van der Waals surface area contributed by atoms with Gasteiger partial charge in [-0.25, -0.2) is 9.89 Å². The third-order valence-electron chi connectivity index (χ3n) is 3.92. The van der Waals surface area contributed by atoms with Gasteiger partial charge in [0.15, 0.2) is 5.16 Å². The van der Waals surface area contributed by atoms with Gasteiger partial charge in [-0.05, 0) is 37.5 Å². The molecule has 0 bridgehead atoms. The van der Waals surface area contributed by atoms with Crippen LogP contribution in [0.3, 0.4) is 0 Å². The average molecular weight is 383 g/mol. The number of carbonyl (C=O) groups excluding carboxylic acids is 1. The molecule has 3 rings (SSSR count). The number of nitrogens with one attached hydrogen (secondary N) is 2. The fourth-order valence-electron chi connectivity index (χ4n) is 2.56. The standard InChI is InChI=1S/C16H19ClN4O3S/c1-10-4-5-11(7-13(10)17)18-14(22)9-25-16-20-19-15(23)21(16)8-12-3-2-6-24-12/h4-5,7,12H,2-3,6,8-9H2,1H3,(H,18,22)(H,19,23). The molecule has 0 radical (unpaired) electrons. The molecule has 1 aromatic heterocycles. The number of aromatic amines is 1. The summed E-state index contributed by atoms with van der Waals surface area (Å²) in [5.74, 6) is -0.0505. The highest BCUT2D eigenvalue weighted by atomic mass is 35.5. The Balaban J connectivity index is 1.58. The summed E-state index contributed by atoms with van der Waals surface area (Å²) >= 11 is 7.26. The molecule has 25 heavy (non-hydrogen) atoms. The second-order valence-corrected chi connectivity index (χ2v) is 7.21. The first kappa shape index (κ1) is 18.0. The van der Waals surface area contributed by atoms with Gasteiger partial charge >= 0.3 is 5.69 Å². The Kier molecular flexibility index (Phi) is 5.82. The maximum Gasteiger partial charge on any atom is 0.344 e. The first-order chi connectivity index (χ1) is 12.0. The molecule has 1 aliphatic heterocycles. The van der Waals surface area contributed by atoms with E-state index in [2.05, 4.69) is 15.5 Å². The molecule has 1 aliphatic rings. The number of anilines is 1. The van der Waals surface area contributed by atoms with E-state index in [1.54, 1.807) is 12.1 Å². The number of nitrogens with zero attached hydrogens (tertiary/aromatic N) is 2. The number of halogens is 1. The van der Waals surface area contributed by atoms with Crippen molar-refractivity contribution in [2.45, 2.75) is 37.6 Å². The van der Waals surface area contributed by atoms with Crippen molar-refractivity contribution in [2.24, 2.45) is 0 Å². The number of benzene rings is 1. The maximum absolute atomic E-state index is 12.1. The summed E-state index contributed by atoms with van der Waals surface area (Å²) in [4.78, 5) is 24.0. The second-order valence-electron chi connectivity index (χ2n) is 5.86. The summed E-state index contributed by atoms with van der Waals surface area (Å²) in [5.41, 5.74) is 1.30. The highest BCUT2D eigenvalue weighted by molar-refractivity contribution is 7.99. The summed E-state index contributed by atoms with van der Waals surface area (Å²) in [7, 11) is 0. The zero-order valence-electron chi connectivity index (χ0n) is 13.8. The van der Waals surface area contributed by atoms with Gasteiger partial charge in [-0.3, -0.25) is 9.36 Å². The van der Waals surface area contributed by atoms with Gasteiger partial charge in [0.05, 0.1) is 18.4 Å². The second kappa shape index (κ2) is 8.07. The summed E-state index contributed by atoms with van der Waals surface area (Å²) in [5, 5.41) is 10.3. The molecular formula is C16H19ClN4O3S. The Morgan fingerprint density at radius 3 is 3.12 bits per heavy atom. The summed E-state index contributed by atoms with van der Waals surface area (Å²) < 4.78 is 7.08.